The maximum absolute atomic E-state index is 12.6. The molecule has 1 amide bonds. The lowest BCUT2D eigenvalue weighted by Gasteiger charge is -2.33. The monoisotopic (exact) mass is 372 g/mol. The number of amides is 1. The van der Waals surface area contributed by atoms with Gasteiger partial charge >= 0.3 is 0 Å². The van der Waals surface area contributed by atoms with Gasteiger partial charge in [0.05, 0.1) is 17.8 Å². The first-order valence-corrected chi connectivity index (χ1v) is 8.93. The number of piperidine rings is 1. The van der Waals surface area contributed by atoms with Crippen LogP contribution in [0.2, 0.25) is 5.02 Å². The van der Waals surface area contributed by atoms with Crippen molar-refractivity contribution in [3.05, 3.63) is 53.1 Å². The third kappa shape index (κ3) is 4.17. The number of hydrogen-bond acceptors (Lipinski definition) is 4. The van der Waals surface area contributed by atoms with Crippen molar-refractivity contribution in [1.29, 1.82) is 0 Å². The molecule has 2 aromatic rings. The van der Waals surface area contributed by atoms with Gasteiger partial charge in [-0.2, -0.15) is 0 Å². The van der Waals surface area contributed by atoms with Crippen LogP contribution in [0.3, 0.4) is 0 Å². The fraction of sp³-hybridized carbons (Fsp3) is 0.300. The third-order valence-corrected chi connectivity index (χ3v) is 5.02. The van der Waals surface area contributed by atoms with Crippen molar-refractivity contribution in [2.75, 3.05) is 30.4 Å². The van der Waals surface area contributed by atoms with Crippen LogP contribution in [0.1, 0.15) is 23.2 Å². The summed E-state index contributed by atoms with van der Waals surface area (Å²) in [6.45, 7) is 1.59. The van der Waals surface area contributed by atoms with E-state index >= 15 is 0 Å². The highest BCUT2D eigenvalue weighted by Gasteiger charge is 2.25. The number of methoxy groups -OCH3 is 1. The smallest absolute Gasteiger partial charge is 0.227 e. The lowest BCUT2D eigenvalue weighted by Crippen LogP contribution is -2.38. The Morgan fingerprint density at radius 3 is 2.50 bits per heavy atom. The first-order valence-electron chi connectivity index (χ1n) is 8.55. The predicted molar refractivity (Wildman–Crippen MR) is 103 cm³/mol. The van der Waals surface area contributed by atoms with Crippen molar-refractivity contribution >= 4 is 35.2 Å². The molecule has 0 aliphatic carbocycles. The third-order valence-electron chi connectivity index (χ3n) is 4.69. The summed E-state index contributed by atoms with van der Waals surface area (Å²) in [7, 11) is 1.58. The maximum Gasteiger partial charge on any atom is 0.227 e. The van der Waals surface area contributed by atoms with E-state index in [9.17, 15) is 9.59 Å². The van der Waals surface area contributed by atoms with Crippen LogP contribution in [-0.4, -0.2) is 32.4 Å². The number of anilines is 2. The number of ether oxygens (including phenoxy) is 1. The molecule has 3 rings (SSSR count). The van der Waals surface area contributed by atoms with E-state index < -0.39 is 0 Å². The summed E-state index contributed by atoms with van der Waals surface area (Å²) in [6.07, 6.45) is 2.37. The Labute approximate surface area is 157 Å². The Morgan fingerprint density at radius 1 is 1.19 bits per heavy atom. The molecule has 2 aromatic carbocycles. The van der Waals surface area contributed by atoms with Crippen molar-refractivity contribution < 1.29 is 14.3 Å². The van der Waals surface area contributed by atoms with Gasteiger partial charge in [0.1, 0.15) is 12.0 Å². The summed E-state index contributed by atoms with van der Waals surface area (Å²) in [4.78, 5) is 25.6. The van der Waals surface area contributed by atoms with Gasteiger partial charge in [0.15, 0.2) is 0 Å². The molecule has 0 unspecified atom stereocenters. The Kier molecular flexibility index (Phi) is 5.78. The second-order valence-corrected chi connectivity index (χ2v) is 6.71. The van der Waals surface area contributed by atoms with E-state index in [1.807, 2.05) is 24.3 Å². The molecule has 1 N–H and O–H groups in total. The molecule has 0 bridgehead atoms. The highest BCUT2D eigenvalue weighted by molar-refractivity contribution is 6.33. The van der Waals surface area contributed by atoms with Crippen molar-refractivity contribution in [2.45, 2.75) is 12.8 Å². The minimum atomic E-state index is -0.0530. The number of carbonyl (C=O) groups is 2. The van der Waals surface area contributed by atoms with Gasteiger partial charge in [0, 0.05) is 36.3 Å². The molecule has 0 aromatic heterocycles. The van der Waals surface area contributed by atoms with E-state index in [0.717, 1.165) is 37.9 Å². The van der Waals surface area contributed by atoms with Crippen LogP contribution in [0.4, 0.5) is 11.4 Å². The molecule has 6 heteroatoms. The van der Waals surface area contributed by atoms with Crippen molar-refractivity contribution in [2.24, 2.45) is 5.92 Å². The maximum atomic E-state index is 12.6. The number of rotatable bonds is 5. The molecule has 0 atom stereocenters. The Bertz CT molecular complexity index is 784. The summed E-state index contributed by atoms with van der Waals surface area (Å²) in [5.74, 6) is 0.581. The SMILES string of the molecule is COc1ccc(Cl)c(NC(=O)C2CCN(c3ccc(C=O)cc3)CC2)c1. The van der Waals surface area contributed by atoms with Crippen molar-refractivity contribution in [3.63, 3.8) is 0 Å². The molecule has 0 radical (unpaired) electrons. The quantitative estimate of drug-likeness (QED) is 0.805. The standard InChI is InChI=1S/C20H21ClN2O3/c1-26-17-6-7-18(21)19(12-17)22-20(25)15-8-10-23(11-9-15)16-4-2-14(13-24)3-5-16/h2-7,12-13,15H,8-11H2,1H3,(H,22,25). The molecule has 5 nitrogen and oxygen atoms in total. The van der Waals surface area contributed by atoms with Gasteiger partial charge in [-0.25, -0.2) is 0 Å². The minimum absolute atomic E-state index is 0.0175. The number of nitrogens with zero attached hydrogens (tertiary/aromatic N) is 1. The van der Waals surface area contributed by atoms with Gasteiger partial charge < -0.3 is 15.0 Å². The van der Waals surface area contributed by atoms with Gasteiger partial charge in [-0.3, -0.25) is 9.59 Å². The van der Waals surface area contributed by atoms with E-state index in [1.54, 1.807) is 25.3 Å². The van der Waals surface area contributed by atoms with Gasteiger partial charge in [-0.05, 0) is 49.2 Å². The zero-order chi connectivity index (χ0) is 18.5. The highest BCUT2D eigenvalue weighted by atomic mass is 35.5. The molecule has 26 heavy (non-hydrogen) atoms. The molecule has 1 fully saturated rings. The van der Waals surface area contributed by atoms with Gasteiger partial charge in [-0.1, -0.05) is 11.6 Å². The zero-order valence-corrected chi connectivity index (χ0v) is 15.3. The molecule has 1 heterocycles. The lowest BCUT2D eigenvalue weighted by atomic mass is 9.95. The normalized spacial score (nSPS) is 14.8. The topological polar surface area (TPSA) is 58.6 Å². The molecule has 1 aliphatic rings. The van der Waals surface area contributed by atoms with Crippen molar-refractivity contribution in [3.8, 4) is 5.75 Å². The summed E-state index contributed by atoms with van der Waals surface area (Å²) < 4.78 is 5.18. The zero-order valence-electron chi connectivity index (χ0n) is 14.6. The number of carbonyl (C=O) groups excluding carboxylic acids is 2. The fourth-order valence-electron chi connectivity index (χ4n) is 3.13. The van der Waals surface area contributed by atoms with E-state index in [-0.39, 0.29) is 11.8 Å². The summed E-state index contributed by atoms with van der Waals surface area (Å²) >= 11 is 6.16. The van der Waals surface area contributed by atoms with E-state index in [2.05, 4.69) is 10.2 Å². The first-order chi connectivity index (χ1) is 12.6. The van der Waals surface area contributed by atoms with E-state index in [0.29, 0.717) is 22.0 Å². The van der Waals surface area contributed by atoms with E-state index in [1.165, 1.54) is 0 Å². The number of aldehydes is 1. The van der Waals surface area contributed by atoms with Crippen LogP contribution in [0, 0.1) is 5.92 Å². The molecule has 136 valence electrons. The van der Waals surface area contributed by atoms with Crippen LogP contribution < -0.4 is 15.0 Å². The average molecular weight is 373 g/mol. The first kappa shape index (κ1) is 18.3. The number of halogens is 1. The van der Waals surface area contributed by atoms with Gasteiger partial charge in [0.2, 0.25) is 5.91 Å². The Hall–Kier alpha value is -2.53. The van der Waals surface area contributed by atoms with Gasteiger partial charge in [0.25, 0.3) is 0 Å². The molecular weight excluding hydrogens is 352 g/mol. The Balaban J connectivity index is 1.59. The Morgan fingerprint density at radius 2 is 1.88 bits per heavy atom. The highest BCUT2D eigenvalue weighted by Crippen LogP contribution is 2.29. The van der Waals surface area contributed by atoms with E-state index in [4.69, 9.17) is 16.3 Å². The lowest BCUT2D eigenvalue weighted by molar-refractivity contribution is -0.120. The fourth-order valence-corrected chi connectivity index (χ4v) is 3.29. The molecular formula is C20H21ClN2O3. The van der Waals surface area contributed by atoms with Crippen molar-refractivity contribution in [1.82, 2.24) is 0 Å². The largest absolute Gasteiger partial charge is 0.497 e. The number of nitrogens with one attached hydrogen (secondary N) is 1. The molecule has 0 spiro atoms. The summed E-state index contributed by atoms with van der Waals surface area (Å²) in [6, 6.07) is 12.7. The predicted octanol–water partition coefficient (Wildman–Crippen LogP) is 4.02. The second-order valence-electron chi connectivity index (χ2n) is 6.31. The number of benzene rings is 2. The van der Waals surface area contributed by atoms with Crippen LogP contribution in [0.5, 0.6) is 5.75 Å². The van der Waals surface area contributed by atoms with Crippen LogP contribution in [0.25, 0.3) is 0 Å². The molecule has 1 aliphatic heterocycles. The van der Waals surface area contributed by atoms with Crippen LogP contribution in [0.15, 0.2) is 42.5 Å². The minimum Gasteiger partial charge on any atom is -0.497 e. The van der Waals surface area contributed by atoms with Crippen LogP contribution in [-0.2, 0) is 4.79 Å². The summed E-state index contributed by atoms with van der Waals surface area (Å²) in [5.41, 5.74) is 2.31. The molecule has 1 saturated heterocycles. The molecule has 0 saturated carbocycles. The van der Waals surface area contributed by atoms with Crippen LogP contribution >= 0.6 is 11.6 Å². The van der Waals surface area contributed by atoms with Gasteiger partial charge in [-0.15, -0.1) is 0 Å². The average Bonchev–Trinajstić information content (AvgIpc) is 2.70. The number of hydrogen-bond donors (Lipinski definition) is 1. The second kappa shape index (κ2) is 8.23. The summed E-state index contributed by atoms with van der Waals surface area (Å²) in [5, 5.41) is 3.41.